The summed E-state index contributed by atoms with van der Waals surface area (Å²) in [7, 11) is 0. The van der Waals surface area contributed by atoms with E-state index in [0.717, 1.165) is 38.7 Å². The van der Waals surface area contributed by atoms with Crippen molar-refractivity contribution < 1.29 is 13.2 Å². The Morgan fingerprint density at radius 3 is 2.43 bits per heavy atom. The third-order valence-corrected chi connectivity index (χ3v) is 4.18. The number of rotatable bonds is 8. The van der Waals surface area contributed by atoms with Crippen LogP contribution in [0.3, 0.4) is 0 Å². The van der Waals surface area contributed by atoms with Gasteiger partial charge in [-0.1, -0.05) is 29.8 Å². The molecule has 0 spiro atoms. The minimum absolute atomic E-state index is 0.433. The lowest BCUT2D eigenvalue weighted by atomic mass is 10.1. The first kappa shape index (κ1) is 18.5. The van der Waals surface area contributed by atoms with E-state index in [2.05, 4.69) is 40.0 Å². The van der Waals surface area contributed by atoms with Gasteiger partial charge in [0.25, 0.3) is 0 Å². The molecule has 0 radical (unpaired) electrons. The van der Waals surface area contributed by atoms with Gasteiger partial charge in [0.2, 0.25) is 0 Å². The molecule has 0 aliphatic heterocycles. The highest BCUT2D eigenvalue weighted by atomic mass is 79.9. The third-order valence-electron chi connectivity index (χ3n) is 3.41. The Labute approximate surface area is 132 Å². The summed E-state index contributed by atoms with van der Waals surface area (Å²) in [6.07, 6.45) is -3.31. The Morgan fingerprint density at radius 1 is 1.19 bits per heavy atom. The molecule has 0 saturated carbocycles. The molecule has 1 aromatic rings. The predicted octanol–water partition coefficient (Wildman–Crippen LogP) is 4.29. The van der Waals surface area contributed by atoms with Crippen molar-refractivity contribution in [3.63, 3.8) is 0 Å². The van der Waals surface area contributed by atoms with Crippen molar-refractivity contribution >= 4 is 15.9 Å². The van der Waals surface area contributed by atoms with Crippen molar-refractivity contribution in [3.05, 3.63) is 33.8 Å². The highest BCUT2D eigenvalue weighted by Gasteiger charge is 2.30. The summed E-state index contributed by atoms with van der Waals surface area (Å²) in [6, 6.07) is 3.74. The monoisotopic (exact) mass is 366 g/mol. The van der Waals surface area contributed by atoms with Gasteiger partial charge in [-0.05, 0) is 56.4 Å². The summed E-state index contributed by atoms with van der Waals surface area (Å²) in [4.78, 5) is 2.32. The number of benzene rings is 1. The zero-order valence-corrected chi connectivity index (χ0v) is 14.0. The molecule has 0 aliphatic rings. The molecule has 0 unspecified atom stereocenters. The van der Waals surface area contributed by atoms with Crippen molar-refractivity contribution in [2.75, 3.05) is 26.2 Å². The zero-order valence-electron chi connectivity index (χ0n) is 12.4. The van der Waals surface area contributed by atoms with Gasteiger partial charge < -0.3 is 10.2 Å². The van der Waals surface area contributed by atoms with Crippen LogP contribution in [0.2, 0.25) is 0 Å². The highest BCUT2D eigenvalue weighted by Crippen LogP contribution is 2.31. The van der Waals surface area contributed by atoms with E-state index in [9.17, 15) is 13.2 Å². The third kappa shape index (κ3) is 6.36. The van der Waals surface area contributed by atoms with Crippen LogP contribution in [-0.4, -0.2) is 31.1 Å². The summed E-state index contributed by atoms with van der Waals surface area (Å²) in [6.45, 7) is 8.52. The van der Waals surface area contributed by atoms with Crippen molar-refractivity contribution in [2.24, 2.45) is 0 Å². The number of hydrogen-bond acceptors (Lipinski definition) is 2. The molecule has 1 N–H and O–H groups in total. The van der Waals surface area contributed by atoms with Gasteiger partial charge in [0.1, 0.15) is 0 Å². The normalized spacial score (nSPS) is 12.1. The average molecular weight is 367 g/mol. The quantitative estimate of drug-likeness (QED) is 0.690. The first-order valence-electron chi connectivity index (χ1n) is 7.17. The second-order valence-corrected chi connectivity index (χ2v) is 5.72. The summed E-state index contributed by atoms with van der Waals surface area (Å²) in [5.41, 5.74) is 0.0262. The summed E-state index contributed by atoms with van der Waals surface area (Å²) in [5, 5.41) is 3.20. The summed E-state index contributed by atoms with van der Waals surface area (Å²) < 4.78 is 38.7. The van der Waals surface area contributed by atoms with E-state index in [4.69, 9.17) is 0 Å². The van der Waals surface area contributed by atoms with E-state index < -0.39 is 11.7 Å². The molecule has 0 saturated heterocycles. The van der Waals surface area contributed by atoms with Crippen molar-refractivity contribution in [1.29, 1.82) is 0 Å². The molecular weight excluding hydrogens is 345 g/mol. The molecule has 21 heavy (non-hydrogen) atoms. The lowest BCUT2D eigenvalue weighted by Crippen LogP contribution is -2.27. The zero-order chi connectivity index (χ0) is 15.9. The molecule has 0 bridgehead atoms. The van der Waals surface area contributed by atoms with Gasteiger partial charge in [-0.3, -0.25) is 0 Å². The van der Waals surface area contributed by atoms with E-state index in [1.54, 1.807) is 0 Å². The van der Waals surface area contributed by atoms with Crippen LogP contribution in [0, 0.1) is 0 Å². The summed E-state index contributed by atoms with van der Waals surface area (Å²) in [5.74, 6) is 0. The fraction of sp³-hybridized carbons (Fsp3) is 0.600. The molecule has 0 heterocycles. The largest absolute Gasteiger partial charge is 0.416 e. The first-order chi connectivity index (χ1) is 9.88. The number of nitrogens with one attached hydrogen (secondary N) is 1. The average Bonchev–Trinajstić information content (AvgIpc) is 2.43. The molecule has 0 fully saturated rings. The van der Waals surface area contributed by atoms with E-state index >= 15 is 0 Å². The molecule has 0 aliphatic carbocycles. The van der Waals surface area contributed by atoms with Crippen molar-refractivity contribution in [3.8, 4) is 0 Å². The maximum absolute atomic E-state index is 12.7. The Bertz CT molecular complexity index is 431. The molecule has 6 heteroatoms. The van der Waals surface area contributed by atoms with Crippen LogP contribution in [0.1, 0.15) is 31.4 Å². The highest BCUT2D eigenvalue weighted by molar-refractivity contribution is 9.10. The van der Waals surface area contributed by atoms with Gasteiger partial charge in [0, 0.05) is 11.0 Å². The van der Waals surface area contributed by atoms with Crippen LogP contribution < -0.4 is 5.32 Å². The molecule has 0 atom stereocenters. The van der Waals surface area contributed by atoms with Crippen molar-refractivity contribution in [1.82, 2.24) is 10.2 Å². The fourth-order valence-electron chi connectivity index (χ4n) is 2.08. The number of nitrogens with zero attached hydrogens (tertiary/aromatic N) is 1. The van der Waals surface area contributed by atoms with Gasteiger partial charge in [-0.15, -0.1) is 0 Å². The van der Waals surface area contributed by atoms with Crippen LogP contribution in [0.25, 0.3) is 0 Å². The summed E-state index contributed by atoms with van der Waals surface area (Å²) >= 11 is 3.30. The van der Waals surface area contributed by atoms with Crippen LogP contribution in [0.4, 0.5) is 13.2 Å². The van der Waals surface area contributed by atoms with Gasteiger partial charge in [0.15, 0.2) is 0 Å². The van der Waals surface area contributed by atoms with E-state index in [0.29, 0.717) is 16.6 Å². The van der Waals surface area contributed by atoms with Crippen LogP contribution in [0.5, 0.6) is 0 Å². The molecule has 120 valence electrons. The second kappa shape index (κ2) is 8.76. The minimum Gasteiger partial charge on any atom is -0.313 e. The smallest absolute Gasteiger partial charge is 0.313 e. The molecule has 0 amide bonds. The molecular formula is C15H22BrF3N2. The minimum atomic E-state index is -4.29. The maximum atomic E-state index is 12.7. The topological polar surface area (TPSA) is 15.3 Å². The predicted molar refractivity (Wildman–Crippen MR) is 83.3 cm³/mol. The lowest BCUT2D eigenvalue weighted by Gasteiger charge is -2.18. The first-order valence-corrected chi connectivity index (χ1v) is 7.96. The van der Waals surface area contributed by atoms with E-state index in [1.165, 1.54) is 12.1 Å². The Kier molecular flexibility index (Phi) is 7.70. The van der Waals surface area contributed by atoms with Crippen LogP contribution in [-0.2, 0) is 12.7 Å². The van der Waals surface area contributed by atoms with Gasteiger partial charge in [-0.25, -0.2) is 0 Å². The van der Waals surface area contributed by atoms with Crippen molar-refractivity contribution in [2.45, 2.75) is 33.0 Å². The van der Waals surface area contributed by atoms with Crippen LogP contribution in [0.15, 0.2) is 22.7 Å². The lowest BCUT2D eigenvalue weighted by molar-refractivity contribution is -0.137. The number of halogens is 4. The Hall–Kier alpha value is -0.590. The van der Waals surface area contributed by atoms with Crippen LogP contribution >= 0.6 is 15.9 Å². The Balaban J connectivity index is 2.45. The molecule has 2 nitrogen and oxygen atoms in total. The fourth-order valence-corrected chi connectivity index (χ4v) is 2.46. The standard InChI is InChI=1S/C15H22BrF3N2/c1-3-21(4-2)9-5-8-20-11-12-10-13(15(17,18)19)6-7-14(12)16/h6-7,10,20H,3-5,8-9,11H2,1-2H3. The number of hydrogen-bond donors (Lipinski definition) is 1. The van der Waals surface area contributed by atoms with E-state index in [-0.39, 0.29) is 0 Å². The van der Waals surface area contributed by atoms with Gasteiger partial charge in [0.05, 0.1) is 5.56 Å². The SMILES string of the molecule is CCN(CC)CCCNCc1cc(C(F)(F)F)ccc1Br. The second-order valence-electron chi connectivity index (χ2n) is 4.86. The maximum Gasteiger partial charge on any atom is 0.416 e. The molecule has 1 aromatic carbocycles. The number of alkyl halides is 3. The van der Waals surface area contributed by atoms with Gasteiger partial charge >= 0.3 is 6.18 Å². The molecule has 0 aromatic heterocycles. The molecule has 1 rings (SSSR count). The Morgan fingerprint density at radius 2 is 1.86 bits per heavy atom. The van der Waals surface area contributed by atoms with E-state index in [1.807, 2.05) is 0 Å². The van der Waals surface area contributed by atoms with Gasteiger partial charge in [-0.2, -0.15) is 13.2 Å².